The molecule has 0 saturated heterocycles. The van der Waals surface area contributed by atoms with E-state index in [9.17, 15) is 13.6 Å². The summed E-state index contributed by atoms with van der Waals surface area (Å²) in [6.07, 6.45) is 0. The van der Waals surface area contributed by atoms with E-state index in [1.807, 2.05) is 12.1 Å². The van der Waals surface area contributed by atoms with Gasteiger partial charge in [-0.15, -0.1) is 0 Å². The number of fused-ring (bicyclic) bond motifs is 1. The van der Waals surface area contributed by atoms with E-state index < -0.39 is 12.5 Å². The molecule has 0 unspecified atom stereocenters. The molecule has 0 saturated carbocycles. The van der Waals surface area contributed by atoms with Crippen LogP contribution in [-0.2, 0) is 11.3 Å². The van der Waals surface area contributed by atoms with Gasteiger partial charge in [0.25, 0.3) is 0 Å². The minimum Gasteiger partial charge on any atom is -0.454 e. The molecule has 3 rings (SSSR count). The van der Waals surface area contributed by atoms with Crippen LogP contribution in [0.4, 0.5) is 8.78 Å². The number of hydrogen-bond acceptors (Lipinski definition) is 3. The number of ether oxygens (including phenoxy) is 1. The van der Waals surface area contributed by atoms with Gasteiger partial charge in [0, 0.05) is 0 Å². The quantitative estimate of drug-likeness (QED) is 0.618. The Hall–Kier alpha value is -2.76. The van der Waals surface area contributed by atoms with Gasteiger partial charge in [0.2, 0.25) is 0 Å². The van der Waals surface area contributed by atoms with Crippen LogP contribution in [-0.4, -0.2) is 15.5 Å². The van der Waals surface area contributed by atoms with Crippen molar-refractivity contribution in [2.45, 2.75) is 32.9 Å². The summed E-state index contributed by atoms with van der Waals surface area (Å²) in [6, 6.07) is 13.6. The number of para-hydroxylation sites is 2. The Balaban J connectivity index is 1.78. The second-order valence-electron chi connectivity index (χ2n) is 6.02. The topological polar surface area (TPSA) is 44.1 Å². The molecule has 0 aliphatic rings. The first-order chi connectivity index (χ1) is 12.0. The van der Waals surface area contributed by atoms with Gasteiger partial charge in [0.05, 0.1) is 16.6 Å². The Labute approximate surface area is 144 Å². The fourth-order valence-electron chi connectivity index (χ4n) is 2.63. The van der Waals surface area contributed by atoms with Crippen molar-refractivity contribution in [1.29, 1.82) is 0 Å². The fourth-order valence-corrected chi connectivity index (χ4v) is 2.63. The van der Waals surface area contributed by atoms with E-state index in [2.05, 4.69) is 18.8 Å². The molecule has 6 heteroatoms. The van der Waals surface area contributed by atoms with E-state index in [1.165, 1.54) is 0 Å². The van der Waals surface area contributed by atoms with Crippen molar-refractivity contribution in [1.82, 2.24) is 9.55 Å². The van der Waals surface area contributed by atoms with E-state index in [4.69, 9.17) is 4.74 Å². The molecule has 0 amide bonds. The summed E-state index contributed by atoms with van der Waals surface area (Å²) in [5.74, 6) is -0.192. The second-order valence-corrected chi connectivity index (χ2v) is 6.02. The van der Waals surface area contributed by atoms with Gasteiger partial charge in [-0.1, -0.05) is 38.1 Å². The molecule has 0 fully saturated rings. The number of carbonyl (C=O) groups is 1. The molecule has 130 valence electrons. The molecule has 0 aliphatic carbocycles. The number of halogens is 2. The number of rotatable bonds is 5. The summed E-state index contributed by atoms with van der Waals surface area (Å²) in [5, 5.41) is 0. The SMILES string of the molecule is CC(C)c1ccc(C(=O)OCc2nc3ccccc3n2C(F)F)cc1. The summed E-state index contributed by atoms with van der Waals surface area (Å²) in [5.41, 5.74) is 2.24. The molecule has 4 nitrogen and oxygen atoms in total. The number of hydrogen-bond donors (Lipinski definition) is 0. The van der Waals surface area contributed by atoms with Gasteiger partial charge >= 0.3 is 12.5 Å². The van der Waals surface area contributed by atoms with Gasteiger partial charge in [0.15, 0.2) is 5.82 Å². The van der Waals surface area contributed by atoms with Gasteiger partial charge in [-0.05, 0) is 35.7 Å². The van der Waals surface area contributed by atoms with Gasteiger partial charge in [-0.3, -0.25) is 4.57 Å². The minimum atomic E-state index is -2.76. The van der Waals surface area contributed by atoms with Gasteiger partial charge in [-0.2, -0.15) is 8.78 Å². The molecule has 25 heavy (non-hydrogen) atoms. The molecule has 0 radical (unpaired) electrons. The first kappa shape index (κ1) is 17.1. The molecule has 0 N–H and O–H groups in total. The zero-order valence-electron chi connectivity index (χ0n) is 13.9. The number of carbonyl (C=O) groups excluding carboxylic acids is 1. The standard InChI is InChI=1S/C19H18F2N2O2/c1-12(2)13-7-9-14(10-8-13)18(24)25-11-17-22-15-5-3-4-6-16(15)23(17)19(20)21/h3-10,12,19H,11H2,1-2H3. The van der Waals surface area contributed by atoms with Gasteiger partial charge in [-0.25, -0.2) is 9.78 Å². The highest BCUT2D eigenvalue weighted by atomic mass is 19.3. The van der Waals surface area contributed by atoms with Crippen molar-refractivity contribution in [2.24, 2.45) is 0 Å². The lowest BCUT2D eigenvalue weighted by Crippen LogP contribution is -2.10. The molecular formula is C19H18F2N2O2. The molecule has 0 bridgehead atoms. The predicted octanol–water partition coefficient (Wildman–Crippen LogP) is 4.91. The fraction of sp³-hybridized carbons (Fsp3) is 0.263. The lowest BCUT2D eigenvalue weighted by Gasteiger charge is -2.09. The molecule has 1 heterocycles. The number of aromatic nitrogens is 2. The van der Waals surface area contributed by atoms with Crippen LogP contribution in [0.5, 0.6) is 0 Å². The summed E-state index contributed by atoms with van der Waals surface area (Å²) in [7, 11) is 0. The van der Waals surface area contributed by atoms with E-state index >= 15 is 0 Å². The normalized spacial score (nSPS) is 11.4. The summed E-state index contributed by atoms with van der Waals surface area (Å²) >= 11 is 0. The Kier molecular flexibility index (Phi) is 4.79. The lowest BCUT2D eigenvalue weighted by atomic mass is 10.0. The number of nitrogens with zero attached hydrogens (tertiary/aromatic N) is 2. The van der Waals surface area contributed by atoms with Crippen LogP contribution in [0.2, 0.25) is 0 Å². The van der Waals surface area contributed by atoms with Crippen molar-refractivity contribution in [3.63, 3.8) is 0 Å². The molecule has 0 spiro atoms. The van der Waals surface area contributed by atoms with Crippen LogP contribution in [0.1, 0.15) is 48.1 Å². The van der Waals surface area contributed by atoms with Gasteiger partial charge < -0.3 is 4.74 Å². The molecule has 3 aromatic rings. The first-order valence-electron chi connectivity index (χ1n) is 7.98. The molecule has 0 atom stereocenters. The highest BCUT2D eigenvalue weighted by molar-refractivity contribution is 5.89. The van der Waals surface area contributed by atoms with Crippen molar-refractivity contribution in [3.05, 3.63) is 65.5 Å². The highest BCUT2D eigenvalue weighted by Gasteiger charge is 2.19. The second kappa shape index (κ2) is 7.01. The zero-order valence-corrected chi connectivity index (χ0v) is 13.9. The largest absolute Gasteiger partial charge is 0.454 e. The third kappa shape index (κ3) is 3.52. The Bertz CT molecular complexity index is 886. The van der Waals surface area contributed by atoms with Crippen molar-refractivity contribution >= 4 is 17.0 Å². The highest BCUT2D eigenvalue weighted by Crippen LogP contribution is 2.23. The van der Waals surface area contributed by atoms with Crippen molar-refractivity contribution in [3.8, 4) is 0 Å². The summed E-state index contributed by atoms with van der Waals surface area (Å²) in [6.45, 7) is 1.04. The zero-order chi connectivity index (χ0) is 18.0. The smallest absolute Gasteiger partial charge is 0.338 e. The Morgan fingerprint density at radius 2 is 1.80 bits per heavy atom. The number of esters is 1. The van der Waals surface area contributed by atoms with E-state index in [0.29, 0.717) is 22.5 Å². The minimum absolute atomic E-state index is 0.0170. The van der Waals surface area contributed by atoms with Crippen molar-refractivity contribution in [2.75, 3.05) is 0 Å². The van der Waals surface area contributed by atoms with Crippen LogP contribution in [0.25, 0.3) is 11.0 Å². The molecular weight excluding hydrogens is 326 g/mol. The van der Waals surface area contributed by atoms with Crippen LogP contribution < -0.4 is 0 Å². The summed E-state index contributed by atoms with van der Waals surface area (Å²) in [4.78, 5) is 16.3. The maximum absolute atomic E-state index is 13.3. The first-order valence-corrected chi connectivity index (χ1v) is 7.98. The van der Waals surface area contributed by atoms with Crippen LogP contribution in [0, 0.1) is 0 Å². The average Bonchev–Trinajstić information content (AvgIpc) is 2.98. The Morgan fingerprint density at radius 1 is 1.12 bits per heavy atom. The maximum atomic E-state index is 13.3. The predicted molar refractivity (Wildman–Crippen MR) is 90.6 cm³/mol. The third-order valence-corrected chi connectivity index (χ3v) is 4.01. The van der Waals surface area contributed by atoms with E-state index in [0.717, 1.165) is 10.1 Å². The Morgan fingerprint density at radius 3 is 2.44 bits per heavy atom. The number of imidazole rings is 1. The third-order valence-electron chi connectivity index (χ3n) is 4.01. The monoisotopic (exact) mass is 344 g/mol. The molecule has 0 aliphatic heterocycles. The summed E-state index contributed by atoms with van der Waals surface area (Å²) < 4.78 is 32.6. The molecule has 2 aromatic carbocycles. The lowest BCUT2D eigenvalue weighted by molar-refractivity contribution is 0.0387. The van der Waals surface area contributed by atoms with Crippen LogP contribution in [0.15, 0.2) is 48.5 Å². The van der Waals surface area contributed by atoms with Crippen LogP contribution >= 0.6 is 0 Å². The average molecular weight is 344 g/mol. The van der Waals surface area contributed by atoms with Gasteiger partial charge in [0.1, 0.15) is 6.61 Å². The van der Waals surface area contributed by atoms with Crippen molar-refractivity contribution < 1.29 is 18.3 Å². The number of benzene rings is 2. The van der Waals surface area contributed by atoms with Crippen LogP contribution in [0.3, 0.4) is 0 Å². The maximum Gasteiger partial charge on any atom is 0.338 e. The van der Waals surface area contributed by atoms with E-state index in [-0.39, 0.29) is 12.4 Å². The van der Waals surface area contributed by atoms with E-state index in [1.54, 1.807) is 36.4 Å². The number of alkyl halides is 2. The molecule has 1 aromatic heterocycles.